The van der Waals surface area contributed by atoms with Gasteiger partial charge in [-0.05, 0) is 49.3 Å². The molecule has 0 unspecified atom stereocenters. The van der Waals surface area contributed by atoms with E-state index in [0.717, 1.165) is 48.4 Å². The van der Waals surface area contributed by atoms with Gasteiger partial charge in [-0.1, -0.05) is 6.92 Å². The van der Waals surface area contributed by atoms with Gasteiger partial charge in [0, 0.05) is 26.3 Å². The van der Waals surface area contributed by atoms with Gasteiger partial charge in [0.05, 0.1) is 5.69 Å². The van der Waals surface area contributed by atoms with Crippen molar-refractivity contribution in [2.24, 2.45) is 0 Å². The molecule has 1 fully saturated rings. The van der Waals surface area contributed by atoms with Crippen molar-refractivity contribution in [2.45, 2.75) is 39.0 Å². The summed E-state index contributed by atoms with van der Waals surface area (Å²) in [6, 6.07) is 2.06. The highest BCUT2D eigenvalue weighted by Crippen LogP contribution is 2.32. The molecule has 1 aliphatic rings. The number of carbonyl (C=O) groups is 2. The first kappa shape index (κ1) is 17.3. The second-order valence-corrected chi connectivity index (χ2v) is 6.64. The molecule has 3 rings (SSSR count). The van der Waals surface area contributed by atoms with Crippen molar-refractivity contribution < 1.29 is 14.7 Å². The molecule has 2 aromatic rings. The van der Waals surface area contributed by atoms with Gasteiger partial charge >= 0.3 is 6.09 Å². The third kappa shape index (κ3) is 3.06. The van der Waals surface area contributed by atoms with Crippen LogP contribution in [-0.4, -0.2) is 52.0 Å². The third-order valence-electron chi connectivity index (χ3n) is 5.08. The zero-order chi connectivity index (χ0) is 18.1. The van der Waals surface area contributed by atoms with Crippen LogP contribution < -0.4 is 4.90 Å². The second kappa shape index (κ2) is 6.74. The van der Waals surface area contributed by atoms with E-state index in [4.69, 9.17) is 5.11 Å². The highest BCUT2D eigenvalue weighted by atomic mass is 16.4. The van der Waals surface area contributed by atoms with Gasteiger partial charge in [-0.15, -0.1) is 0 Å². The molecule has 3 heterocycles. The Morgan fingerprint density at radius 3 is 2.68 bits per heavy atom. The first-order valence-corrected chi connectivity index (χ1v) is 8.63. The highest BCUT2D eigenvalue weighted by Gasteiger charge is 2.25. The fourth-order valence-electron chi connectivity index (χ4n) is 3.71. The number of carbonyl (C=O) groups excluding carboxylic acids is 1. The highest BCUT2D eigenvalue weighted by molar-refractivity contribution is 5.76. The Hall–Kier alpha value is -2.57. The summed E-state index contributed by atoms with van der Waals surface area (Å²) in [5.41, 5.74) is 4.10. The van der Waals surface area contributed by atoms with Gasteiger partial charge in [0.2, 0.25) is 6.41 Å². The van der Waals surface area contributed by atoms with Crippen LogP contribution in [0.2, 0.25) is 0 Å². The maximum atomic E-state index is 11.3. The van der Waals surface area contributed by atoms with E-state index in [1.165, 1.54) is 10.5 Å². The average Bonchev–Trinajstić information content (AvgIpc) is 2.97. The van der Waals surface area contributed by atoms with Crippen LogP contribution >= 0.6 is 0 Å². The monoisotopic (exact) mass is 344 g/mol. The predicted octanol–water partition coefficient (Wildman–Crippen LogP) is 2.66. The van der Waals surface area contributed by atoms with Crippen molar-refractivity contribution in [1.29, 1.82) is 0 Å². The number of hydrogen-bond donors (Lipinski definition) is 1. The molecule has 0 spiro atoms. The largest absolute Gasteiger partial charge is 0.465 e. The molecule has 0 bridgehead atoms. The van der Waals surface area contributed by atoms with Crippen molar-refractivity contribution in [2.75, 3.05) is 25.0 Å². The summed E-state index contributed by atoms with van der Waals surface area (Å²) in [5, 5.41) is 9.12. The molecule has 1 saturated heterocycles. The van der Waals surface area contributed by atoms with E-state index >= 15 is 0 Å². The molecule has 2 aromatic heterocycles. The lowest BCUT2D eigenvalue weighted by molar-refractivity contribution is -0.107. The average molecular weight is 344 g/mol. The number of carboxylic acid groups (broad SMARTS) is 1. The SMILES string of the molecule is CCc1nc2cc(C)c(C3CCN(C(=O)O)CC3)cn2c1N(C)C=O. The van der Waals surface area contributed by atoms with Crippen molar-refractivity contribution in [3.63, 3.8) is 0 Å². The quantitative estimate of drug-likeness (QED) is 0.865. The number of rotatable bonds is 4. The first-order chi connectivity index (χ1) is 12.0. The lowest BCUT2D eigenvalue weighted by atomic mass is 9.88. The summed E-state index contributed by atoms with van der Waals surface area (Å²) in [6.07, 6.45) is 4.41. The summed E-state index contributed by atoms with van der Waals surface area (Å²) >= 11 is 0. The number of aromatic nitrogens is 2. The predicted molar refractivity (Wildman–Crippen MR) is 95.3 cm³/mol. The van der Waals surface area contributed by atoms with Crippen LogP contribution in [0.5, 0.6) is 0 Å². The topological polar surface area (TPSA) is 78.2 Å². The van der Waals surface area contributed by atoms with Gasteiger partial charge < -0.3 is 14.9 Å². The molecule has 0 aromatic carbocycles. The smallest absolute Gasteiger partial charge is 0.407 e. The number of piperidine rings is 1. The van der Waals surface area contributed by atoms with Gasteiger partial charge in [-0.2, -0.15) is 0 Å². The fraction of sp³-hybridized carbons (Fsp3) is 0.500. The van der Waals surface area contributed by atoms with Crippen molar-refractivity contribution >= 4 is 24.0 Å². The Balaban J connectivity index is 2.01. The Bertz CT molecular complexity index is 806. The van der Waals surface area contributed by atoms with Gasteiger partial charge in [-0.3, -0.25) is 9.20 Å². The lowest BCUT2D eigenvalue weighted by Gasteiger charge is -2.31. The van der Waals surface area contributed by atoms with Crippen LogP contribution in [0.25, 0.3) is 5.65 Å². The third-order valence-corrected chi connectivity index (χ3v) is 5.08. The number of amides is 2. The molecule has 0 radical (unpaired) electrons. The van der Waals surface area contributed by atoms with Crippen LogP contribution in [0.4, 0.5) is 10.6 Å². The van der Waals surface area contributed by atoms with Crippen molar-refractivity contribution in [3.8, 4) is 0 Å². The number of hydrogen-bond acceptors (Lipinski definition) is 3. The van der Waals surface area contributed by atoms with Crippen LogP contribution in [0, 0.1) is 6.92 Å². The number of fused-ring (bicyclic) bond motifs is 1. The van der Waals surface area contributed by atoms with Crippen molar-refractivity contribution in [1.82, 2.24) is 14.3 Å². The molecule has 25 heavy (non-hydrogen) atoms. The maximum absolute atomic E-state index is 11.3. The van der Waals surface area contributed by atoms with Crippen molar-refractivity contribution in [3.05, 3.63) is 29.1 Å². The summed E-state index contributed by atoms with van der Waals surface area (Å²) in [6.45, 7) is 5.22. The molecule has 1 aliphatic heterocycles. The lowest BCUT2D eigenvalue weighted by Crippen LogP contribution is -2.37. The van der Waals surface area contributed by atoms with Gasteiger partial charge in [0.25, 0.3) is 0 Å². The van der Waals surface area contributed by atoms with Gasteiger partial charge in [0.15, 0.2) is 0 Å². The summed E-state index contributed by atoms with van der Waals surface area (Å²) in [4.78, 5) is 30.1. The number of anilines is 1. The van der Waals surface area contributed by atoms with E-state index in [9.17, 15) is 9.59 Å². The zero-order valence-corrected chi connectivity index (χ0v) is 14.9. The molecule has 7 nitrogen and oxygen atoms in total. The molecule has 0 saturated carbocycles. The number of aryl methyl sites for hydroxylation is 2. The van der Waals surface area contributed by atoms with Crippen LogP contribution in [0.3, 0.4) is 0 Å². The minimum Gasteiger partial charge on any atom is -0.465 e. The number of nitrogens with zero attached hydrogens (tertiary/aromatic N) is 4. The summed E-state index contributed by atoms with van der Waals surface area (Å²) in [7, 11) is 1.74. The Kier molecular flexibility index (Phi) is 4.65. The van der Waals surface area contributed by atoms with Crippen LogP contribution in [0.1, 0.15) is 42.5 Å². The van der Waals surface area contributed by atoms with E-state index in [-0.39, 0.29) is 0 Å². The maximum Gasteiger partial charge on any atom is 0.407 e. The fourth-order valence-corrected chi connectivity index (χ4v) is 3.71. The molecule has 7 heteroatoms. The standard InChI is InChI=1S/C18H24N4O3/c1-4-15-17(20(3)11-23)22-10-14(12(2)9-16(22)19-15)13-5-7-21(8-6-13)18(24)25/h9-11,13H,4-8H2,1-3H3,(H,24,25). The van der Waals surface area contributed by atoms with Gasteiger partial charge in [0.1, 0.15) is 11.5 Å². The number of likely N-dealkylation sites (tertiary alicyclic amines) is 1. The van der Waals surface area contributed by atoms with Gasteiger partial charge in [-0.25, -0.2) is 9.78 Å². The molecule has 2 amide bonds. The minimum atomic E-state index is -0.845. The Morgan fingerprint density at radius 2 is 2.12 bits per heavy atom. The first-order valence-electron chi connectivity index (χ1n) is 8.63. The summed E-state index contributed by atoms with van der Waals surface area (Å²) < 4.78 is 1.99. The normalized spacial score (nSPS) is 15.6. The molecule has 0 atom stereocenters. The second-order valence-electron chi connectivity index (χ2n) is 6.64. The zero-order valence-electron chi connectivity index (χ0n) is 14.9. The number of pyridine rings is 1. The Morgan fingerprint density at radius 1 is 1.44 bits per heavy atom. The Labute approximate surface area is 146 Å². The molecule has 1 N–H and O–H groups in total. The number of imidazole rings is 1. The molecule has 0 aliphatic carbocycles. The van der Waals surface area contributed by atoms with E-state index in [0.29, 0.717) is 19.0 Å². The van der Waals surface area contributed by atoms with E-state index in [2.05, 4.69) is 24.2 Å². The molecular weight excluding hydrogens is 320 g/mol. The summed E-state index contributed by atoms with van der Waals surface area (Å²) in [5.74, 6) is 1.12. The van der Waals surface area contributed by atoms with E-state index in [1.807, 2.05) is 11.3 Å². The molecular formula is C18H24N4O3. The van der Waals surface area contributed by atoms with E-state index in [1.54, 1.807) is 11.9 Å². The molecule has 134 valence electrons. The van der Waals surface area contributed by atoms with E-state index < -0.39 is 6.09 Å². The van der Waals surface area contributed by atoms with Crippen LogP contribution in [-0.2, 0) is 11.2 Å². The van der Waals surface area contributed by atoms with Crippen LogP contribution in [0.15, 0.2) is 12.3 Å². The minimum absolute atomic E-state index is 0.321.